The molecule has 0 saturated heterocycles. The van der Waals surface area contributed by atoms with Gasteiger partial charge in [-0.15, -0.1) is 0 Å². The zero-order valence-electron chi connectivity index (χ0n) is 30.1. The monoisotopic (exact) mass is 722 g/mol. The average molecular weight is 723 g/mol. The van der Waals surface area contributed by atoms with Gasteiger partial charge < -0.3 is 34.3 Å². The molecule has 4 saturated carbocycles. The highest BCUT2D eigenvalue weighted by Crippen LogP contribution is 2.69. The molecule has 0 aromatic rings. The summed E-state index contributed by atoms with van der Waals surface area (Å²) in [6, 6.07) is 0. The topological polar surface area (TPSA) is 217 Å². The molecule has 0 radical (unpaired) electrons. The second kappa shape index (κ2) is 16.8. The van der Waals surface area contributed by atoms with Gasteiger partial charge in [-0.05, 0) is 86.4 Å². The minimum absolute atomic E-state index is 0.0280. The number of carbonyl (C=O) groups excluding carboxylic acids is 4. The number of rotatable bonds is 16. The number of ether oxygens (including phenoxy) is 4. The molecule has 0 aromatic carbocycles. The largest absolute Gasteiger partial charge is 0.481 e. The Morgan fingerprint density at radius 1 is 0.667 bits per heavy atom. The number of carbonyl (C=O) groups is 7. The highest BCUT2D eigenvalue weighted by molar-refractivity contribution is 5.78. The van der Waals surface area contributed by atoms with Crippen LogP contribution in [0.5, 0.6) is 0 Å². The van der Waals surface area contributed by atoms with Crippen molar-refractivity contribution in [1.29, 1.82) is 0 Å². The van der Waals surface area contributed by atoms with Crippen LogP contribution in [0.4, 0.5) is 0 Å². The summed E-state index contributed by atoms with van der Waals surface area (Å²) >= 11 is 0. The lowest BCUT2D eigenvalue weighted by Crippen LogP contribution is -2.63. The molecule has 51 heavy (non-hydrogen) atoms. The summed E-state index contributed by atoms with van der Waals surface area (Å²) in [6.07, 6.45) is 1.45. The number of aliphatic carboxylic acids is 3. The van der Waals surface area contributed by atoms with Crippen molar-refractivity contribution in [3.05, 3.63) is 0 Å². The number of methoxy groups -OCH3 is 1. The van der Waals surface area contributed by atoms with Gasteiger partial charge in [0, 0.05) is 17.8 Å². The van der Waals surface area contributed by atoms with Gasteiger partial charge in [0.2, 0.25) is 0 Å². The van der Waals surface area contributed by atoms with Crippen molar-refractivity contribution in [2.24, 2.45) is 46.3 Å². The van der Waals surface area contributed by atoms with Gasteiger partial charge in [-0.3, -0.25) is 33.6 Å². The average Bonchev–Trinajstić information content (AvgIpc) is 3.43. The second-order valence-electron chi connectivity index (χ2n) is 15.7. The molecule has 0 aliphatic heterocycles. The van der Waals surface area contributed by atoms with Gasteiger partial charge in [0.05, 0.1) is 45.6 Å². The van der Waals surface area contributed by atoms with Crippen molar-refractivity contribution in [3.8, 4) is 0 Å². The van der Waals surface area contributed by atoms with Crippen molar-refractivity contribution in [2.45, 2.75) is 135 Å². The molecule has 0 aromatic heterocycles. The Labute approximate surface area is 298 Å². The van der Waals surface area contributed by atoms with Crippen molar-refractivity contribution in [3.63, 3.8) is 0 Å². The van der Waals surface area contributed by atoms with Gasteiger partial charge >= 0.3 is 41.8 Å². The maximum Gasteiger partial charge on any atom is 0.306 e. The van der Waals surface area contributed by atoms with Crippen LogP contribution in [0.15, 0.2) is 0 Å². The lowest BCUT2D eigenvalue weighted by Gasteiger charge is -2.64. The first-order chi connectivity index (χ1) is 24.0. The van der Waals surface area contributed by atoms with E-state index >= 15 is 0 Å². The Morgan fingerprint density at radius 3 is 1.80 bits per heavy atom. The van der Waals surface area contributed by atoms with E-state index in [-0.39, 0.29) is 91.8 Å². The number of esters is 4. The molecule has 11 atom stereocenters. The van der Waals surface area contributed by atoms with Crippen molar-refractivity contribution < 1.29 is 67.8 Å². The van der Waals surface area contributed by atoms with Gasteiger partial charge in [0.1, 0.15) is 18.3 Å². The standard InChI is InChI=1S/C37H54O14/c1-20(5-11-31(44)48-4)23-6-7-24-35-25(19-27(37(23,24)3)51-34(47)14-10-30(42)43)36(2)16-15-22(49-32(45)12-8-28(38)39)17-21(36)18-26(35)50-33(46)13-9-29(40)41/h20-27,35H,5-19H2,1-4H3,(H,38,39)(H,40,41)(H,42,43)/t20-,21-,22+,23-,24+,25+,26+,27-,35+,36-,37+/m0/s1. The van der Waals surface area contributed by atoms with Gasteiger partial charge in [0.25, 0.3) is 0 Å². The third kappa shape index (κ3) is 9.21. The molecule has 0 unspecified atom stereocenters. The Morgan fingerprint density at radius 2 is 1.24 bits per heavy atom. The van der Waals surface area contributed by atoms with Crippen molar-refractivity contribution >= 4 is 41.8 Å². The summed E-state index contributed by atoms with van der Waals surface area (Å²) < 4.78 is 23.1. The Bertz CT molecular complexity index is 1340. The van der Waals surface area contributed by atoms with E-state index in [4.69, 9.17) is 24.1 Å². The predicted octanol–water partition coefficient (Wildman–Crippen LogP) is 4.78. The third-order valence-corrected chi connectivity index (χ3v) is 13.0. The van der Waals surface area contributed by atoms with E-state index < -0.39 is 59.5 Å². The smallest absolute Gasteiger partial charge is 0.306 e. The van der Waals surface area contributed by atoms with Crippen LogP contribution in [0.2, 0.25) is 0 Å². The lowest BCUT2D eigenvalue weighted by atomic mass is 9.43. The molecule has 0 spiro atoms. The van der Waals surface area contributed by atoms with Crippen LogP contribution in [0.1, 0.15) is 117 Å². The number of carboxylic acid groups (broad SMARTS) is 3. The summed E-state index contributed by atoms with van der Waals surface area (Å²) in [6.45, 7) is 6.38. The first-order valence-corrected chi connectivity index (χ1v) is 18.3. The fourth-order valence-electron chi connectivity index (χ4n) is 10.4. The lowest BCUT2D eigenvalue weighted by molar-refractivity contribution is -0.226. The molecule has 4 aliphatic rings. The first-order valence-electron chi connectivity index (χ1n) is 18.3. The van der Waals surface area contributed by atoms with Crippen LogP contribution < -0.4 is 0 Å². The summed E-state index contributed by atoms with van der Waals surface area (Å²) in [7, 11) is 1.35. The Balaban J connectivity index is 1.69. The van der Waals surface area contributed by atoms with Gasteiger partial charge in [-0.2, -0.15) is 0 Å². The molecule has 0 bridgehead atoms. The molecule has 14 heteroatoms. The molecule has 0 heterocycles. The molecular weight excluding hydrogens is 668 g/mol. The summed E-state index contributed by atoms with van der Waals surface area (Å²) in [5.41, 5.74) is -0.929. The van der Waals surface area contributed by atoms with E-state index in [1.54, 1.807) is 0 Å². The van der Waals surface area contributed by atoms with E-state index in [9.17, 15) is 43.8 Å². The second-order valence-corrected chi connectivity index (χ2v) is 15.7. The summed E-state index contributed by atoms with van der Waals surface area (Å²) in [4.78, 5) is 84.6. The zero-order valence-corrected chi connectivity index (χ0v) is 30.1. The number of carboxylic acids is 3. The Kier molecular flexibility index (Phi) is 13.2. The van der Waals surface area contributed by atoms with Gasteiger partial charge in [-0.25, -0.2) is 0 Å². The third-order valence-electron chi connectivity index (χ3n) is 13.0. The van der Waals surface area contributed by atoms with Crippen LogP contribution in [0.3, 0.4) is 0 Å². The predicted molar refractivity (Wildman–Crippen MR) is 177 cm³/mol. The molecule has 4 fully saturated rings. The van der Waals surface area contributed by atoms with Crippen molar-refractivity contribution in [1.82, 2.24) is 0 Å². The van der Waals surface area contributed by atoms with Crippen LogP contribution >= 0.6 is 0 Å². The summed E-state index contributed by atoms with van der Waals surface area (Å²) in [5.74, 6) is -5.74. The van der Waals surface area contributed by atoms with Crippen LogP contribution in [0, 0.1) is 46.3 Å². The maximum absolute atomic E-state index is 13.2. The Hall–Kier alpha value is -3.71. The molecule has 4 aliphatic carbocycles. The van der Waals surface area contributed by atoms with Crippen LogP contribution in [0.25, 0.3) is 0 Å². The SMILES string of the molecule is COC(=O)CC[C@H](C)[C@@H]1CC[C@@H]2[C@@H]3[C@@H](C[C@H](OC(=O)CCC(=O)O)[C@@]21C)[C@@]1(C)CC[C@@H](OC(=O)CCC(=O)O)C[C@H]1C[C@H]3OC(=O)CCC(=O)O. The van der Waals surface area contributed by atoms with Crippen molar-refractivity contribution in [2.75, 3.05) is 7.11 Å². The van der Waals surface area contributed by atoms with E-state index in [0.29, 0.717) is 38.5 Å². The fraction of sp³-hybridized carbons (Fsp3) is 0.811. The molecular formula is C37H54O14. The first kappa shape index (κ1) is 40.1. The normalized spacial score (nSPS) is 34.4. The highest BCUT2D eigenvalue weighted by atomic mass is 16.6. The number of fused-ring (bicyclic) bond motifs is 5. The minimum Gasteiger partial charge on any atom is -0.481 e. The molecule has 3 N–H and O–H groups in total. The highest BCUT2D eigenvalue weighted by Gasteiger charge is 2.67. The number of hydrogen-bond donors (Lipinski definition) is 3. The molecule has 286 valence electrons. The minimum atomic E-state index is -1.11. The maximum atomic E-state index is 13.2. The molecule has 14 nitrogen and oxygen atoms in total. The summed E-state index contributed by atoms with van der Waals surface area (Å²) in [5, 5.41) is 27.5. The van der Waals surface area contributed by atoms with E-state index in [1.165, 1.54) is 7.11 Å². The van der Waals surface area contributed by atoms with Gasteiger partial charge in [-0.1, -0.05) is 20.8 Å². The molecule has 0 amide bonds. The fourth-order valence-corrected chi connectivity index (χ4v) is 10.4. The van der Waals surface area contributed by atoms with E-state index in [2.05, 4.69) is 20.8 Å². The quantitative estimate of drug-likeness (QED) is 0.144. The molecule has 4 rings (SSSR count). The zero-order chi connectivity index (χ0) is 37.7. The van der Waals surface area contributed by atoms with E-state index in [0.717, 1.165) is 12.8 Å². The van der Waals surface area contributed by atoms with Gasteiger partial charge in [0.15, 0.2) is 0 Å². The van der Waals surface area contributed by atoms with Crippen LogP contribution in [-0.4, -0.2) is 82.5 Å². The van der Waals surface area contributed by atoms with E-state index in [1.807, 2.05) is 0 Å². The van der Waals surface area contributed by atoms with Crippen LogP contribution in [-0.2, 0) is 52.5 Å². The number of hydrogen-bond acceptors (Lipinski definition) is 11.